The fraction of sp³-hybridized carbons (Fsp3) is 0.286. The summed E-state index contributed by atoms with van der Waals surface area (Å²) in [4.78, 5) is 22.4. The van der Waals surface area contributed by atoms with Gasteiger partial charge in [-0.25, -0.2) is 0 Å². The van der Waals surface area contributed by atoms with Crippen LogP contribution in [0.15, 0.2) is 48.5 Å². The van der Waals surface area contributed by atoms with Crippen LogP contribution in [-0.2, 0) is 4.79 Å². The fourth-order valence-corrected chi connectivity index (χ4v) is 2.56. The molecular formula is C21H24N2O5. The van der Waals surface area contributed by atoms with Gasteiger partial charge in [-0.15, -0.1) is 0 Å². The Bertz CT molecular complexity index is 846. The topological polar surface area (TPSA) is 90.7 Å². The van der Waals surface area contributed by atoms with Gasteiger partial charge in [-0.3, -0.25) is 14.9 Å². The van der Waals surface area contributed by atoms with Gasteiger partial charge in [0.05, 0.1) is 24.2 Å². The Kier molecular flexibility index (Phi) is 7.56. The standard InChI is InChI=1S/C21H24N2O5/c1-4-27-19-12-9-17(14-20(19)28-5-2)15(3)22-21(24)13-8-16-6-10-18(11-7-16)23(25)26/h6-15H,4-5H2,1-3H3,(H,22,24)/b13-8+. The minimum Gasteiger partial charge on any atom is -0.490 e. The van der Waals surface area contributed by atoms with E-state index in [9.17, 15) is 14.9 Å². The summed E-state index contributed by atoms with van der Waals surface area (Å²) in [5.74, 6) is 1.05. The predicted octanol–water partition coefficient (Wildman–Crippen LogP) is 4.28. The maximum Gasteiger partial charge on any atom is 0.269 e. The molecule has 0 heterocycles. The van der Waals surface area contributed by atoms with Gasteiger partial charge in [0.15, 0.2) is 11.5 Å². The molecule has 0 spiro atoms. The van der Waals surface area contributed by atoms with Crippen LogP contribution >= 0.6 is 0 Å². The largest absolute Gasteiger partial charge is 0.490 e. The van der Waals surface area contributed by atoms with Crippen LogP contribution < -0.4 is 14.8 Å². The molecule has 0 aliphatic rings. The molecule has 0 aromatic heterocycles. The zero-order valence-electron chi connectivity index (χ0n) is 16.2. The van der Waals surface area contributed by atoms with Gasteiger partial charge in [0.2, 0.25) is 5.91 Å². The molecule has 1 unspecified atom stereocenters. The van der Waals surface area contributed by atoms with Crippen LogP contribution in [-0.4, -0.2) is 24.0 Å². The number of amides is 1. The van der Waals surface area contributed by atoms with Crippen molar-refractivity contribution in [3.8, 4) is 11.5 Å². The third kappa shape index (κ3) is 5.84. The van der Waals surface area contributed by atoms with E-state index in [1.54, 1.807) is 18.2 Å². The highest BCUT2D eigenvalue weighted by Gasteiger charge is 2.12. The summed E-state index contributed by atoms with van der Waals surface area (Å²) < 4.78 is 11.2. The van der Waals surface area contributed by atoms with Gasteiger partial charge in [0.25, 0.3) is 5.69 Å². The highest BCUT2D eigenvalue weighted by Crippen LogP contribution is 2.30. The van der Waals surface area contributed by atoms with Crippen LogP contribution in [0.1, 0.15) is 37.9 Å². The molecule has 1 N–H and O–H groups in total. The third-order valence-electron chi connectivity index (χ3n) is 3.96. The Morgan fingerprint density at radius 3 is 2.36 bits per heavy atom. The molecule has 0 bridgehead atoms. The van der Waals surface area contributed by atoms with E-state index in [1.807, 2.05) is 39.0 Å². The van der Waals surface area contributed by atoms with Crippen molar-refractivity contribution in [2.75, 3.05) is 13.2 Å². The Morgan fingerprint density at radius 2 is 1.75 bits per heavy atom. The molecule has 1 amide bonds. The number of ether oxygens (including phenoxy) is 2. The van der Waals surface area contributed by atoms with Crippen molar-refractivity contribution in [3.05, 3.63) is 69.8 Å². The van der Waals surface area contributed by atoms with Crippen LogP contribution in [0.4, 0.5) is 5.69 Å². The number of nitro groups is 1. The van der Waals surface area contributed by atoms with E-state index in [0.29, 0.717) is 30.3 Å². The molecular weight excluding hydrogens is 360 g/mol. The Morgan fingerprint density at radius 1 is 1.11 bits per heavy atom. The van der Waals surface area contributed by atoms with E-state index >= 15 is 0 Å². The lowest BCUT2D eigenvalue weighted by atomic mass is 10.1. The first-order valence-corrected chi connectivity index (χ1v) is 9.07. The zero-order valence-corrected chi connectivity index (χ0v) is 16.2. The smallest absolute Gasteiger partial charge is 0.269 e. The van der Waals surface area contributed by atoms with Crippen LogP contribution in [0.5, 0.6) is 11.5 Å². The number of benzene rings is 2. The van der Waals surface area contributed by atoms with Crippen molar-refractivity contribution in [2.24, 2.45) is 0 Å². The number of nitrogens with zero attached hydrogens (tertiary/aromatic N) is 1. The Hall–Kier alpha value is -3.35. The number of rotatable bonds is 9. The first kappa shape index (κ1) is 21.0. The van der Waals surface area contributed by atoms with E-state index in [1.165, 1.54) is 18.2 Å². The van der Waals surface area contributed by atoms with Crippen molar-refractivity contribution >= 4 is 17.7 Å². The molecule has 148 valence electrons. The van der Waals surface area contributed by atoms with E-state index in [4.69, 9.17) is 9.47 Å². The molecule has 7 heteroatoms. The maximum absolute atomic E-state index is 12.2. The molecule has 0 fully saturated rings. The predicted molar refractivity (Wildman–Crippen MR) is 107 cm³/mol. The molecule has 0 saturated heterocycles. The summed E-state index contributed by atoms with van der Waals surface area (Å²) in [5, 5.41) is 13.5. The van der Waals surface area contributed by atoms with E-state index in [0.717, 1.165) is 5.56 Å². The third-order valence-corrected chi connectivity index (χ3v) is 3.96. The number of nitrogens with one attached hydrogen (secondary N) is 1. The van der Waals surface area contributed by atoms with Crippen LogP contribution in [0.2, 0.25) is 0 Å². The normalized spacial score (nSPS) is 11.8. The van der Waals surface area contributed by atoms with Crippen LogP contribution in [0.3, 0.4) is 0 Å². The highest BCUT2D eigenvalue weighted by atomic mass is 16.6. The Balaban J connectivity index is 2.03. The quantitative estimate of drug-likeness (QED) is 0.396. The lowest BCUT2D eigenvalue weighted by Crippen LogP contribution is -2.24. The fourth-order valence-electron chi connectivity index (χ4n) is 2.56. The number of carbonyl (C=O) groups excluding carboxylic acids is 1. The van der Waals surface area contributed by atoms with Crippen LogP contribution in [0, 0.1) is 10.1 Å². The summed E-state index contributed by atoms with van der Waals surface area (Å²) in [7, 11) is 0. The first-order chi connectivity index (χ1) is 13.4. The molecule has 0 radical (unpaired) electrons. The van der Waals surface area contributed by atoms with Crippen LogP contribution in [0.25, 0.3) is 6.08 Å². The molecule has 0 aliphatic heterocycles. The van der Waals surface area contributed by atoms with Gasteiger partial charge in [-0.2, -0.15) is 0 Å². The summed E-state index contributed by atoms with van der Waals surface area (Å²) in [6.07, 6.45) is 3.01. The molecule has 0 aliphatic carbocycles. The van der Waals surface area contributed by atoms with Crippen molar-refractivity contribution in [1.82, 2.24) is 5.32 Å². The first-order valence-electron chi connectivity index (χ1n) is 9.07. The molecule has 1 atom stereocenters. The van der Waals surface area contributed by atoms with Gasteiger partial charge < -0.3 is 14.8 Å². The number of carbonyl (C=O) groups is 1. The monoisotopic (exact) mass is 384 g/mol. The number of non-ortho nitro benzene ring substituents is 1. The van der Waals surface area contributed by atoms with Gasteiger partial charge in [0, 0.05) is 18.2 Å². The zero-order chi connectivity index (χ0) is 20.5. The Labute approximate surface area is 164 Å². The minimum absolute atomic E-state index is 0.0100. The number of hydrogen-bond acceptors (Lipinski definition) is 5. The van der Waals surface area contributed by atoms with Gasteiger partial charge >= 0.3 is 0 Å². The number of nitro benzene ring substituents is 1. The molecule has 7 nitrogen and oxygen atoms in total. The van der Waals surface area contributed by atoms with Crippen molar-refractivity contribution in [1.29, 1.82) is 0 Å². The lowest BCUT2D eigenvalue weighted by Gasteiger charge is -2.17. The van der Waals surface area contributed by atoms with Crippen molar-refractivity contribution in [3.63, 3.8) is 0 Å². The summed E-state index contributed by atoms with van der Waals surface area (Å²) in [6, 6.07) is 11.3. The average molecular weight is 384 g/mol. The molecule has 0 saturated carbocycles. The minimum atomic E-state index is -0.463. The van der Waals surface area contributed by atoms with Gasteiger partial charge in [0.1, 0.15) is 0 Å². The summed E-state index contributed by atoms with van der Waals surface area (Å²) >= 11 is 0. The SMILES string of the molecule is CCOc1ccc(C(C)NC(=O)/C=C/c2ccc([N+](=O)[O-])cc2)cc1OCC. The molecule has 2 aromatic rings. The van der Waals surface area contributed by atoms with Gasteiger partial charge in [-0.05, 0) is 62.2 Å². The second-order valence-electron chi connectivity index (χ2n) is 5.98. The lowest BCUT2D eigenvalue weighted by molar-refractivity contribution is -0.384. The van der Waals surface area contributed by atoms with Crippen molar-refractivity contribution in [2.45, 2.75) is 26.8 Å². The maximum atomic E-state index is 12.2. The second-order valence-corrected chi connectivity index (χ2v) is 5.98. The van der Waals surface area contributed by atoms with E-state index in [-0.39, 0.29) is 17.6 Å². The van der Waals surface area contributed by atoms with E-state index < -0.39 is 4.92 Å². The molecule has 28 heavy (non-hydrogen) atoms. The highest BCUT2D eigenvalue weighted by molar-refractivity contribution is 5.92. The average Bonchev–Trinajstić information content (AvgIpc) is 2.68. The molecule has 2 aromatic carbocycles. The molecule has 2 rings (SSSR count). The summed E-state index contributed by atoms with van der Waals surface area (Å²) in [5.41, 5.74) is 1.60. The second kappa shape index (κ2) is 10.1. The van der Waals surface area contributed by atoms with Gasteiger partial charge in [-0.1, -0.05) is 6.07 Å². The number of hydrogen-bond donors (Lipinski definition) is 1. The summed E-state index contributed by atoms with van der Waals surface area (Å²) in [6.45, 7) is 6.74. The van der Waals surface area contributed by atoms with Crippen molar-refractivity contribution < 1.29 is 19.2 Å². The van der Waals surface area contributed by atoms with E-state index in [2.05, 4.69) is 5.32 Å².